The zero-order valence-electron chi connectivity index (χ0n) is 9.79. The van der Waals surface area contributed by atoms with Crippen molar-refractivity contribution in [2.24, 2.45) is 0 Å². The number of nitrogens with zero attached hydrogens (tertiary/aromatic N) is 1. The number of benzene rings is 1. The van der Waals surface area contributed by atoms with Crippen LogP contribution in [0.15, 0.2) is 30.3 Å². The Morgan fingerprint density at radius 2 is 1.83 bits per heavy atom. The molecule has 0 aromatic heterocycles. The molecule has 1 aromatic rings. The molecule has 98 valence electrons. The molecule has 2 fully saturated rings. The van der Waals surface area contributed by atoms with Crippen LogP contribution in [0.25, 0.3) is 0 Å². The van der Waals surface area contributed by atoms with Crippen LogP contribution in [-0.4, -0.2) is 29.9 Å². The molecule has 18 heavy (non-hydrogen) atoms. The van der Waals surface area contributed by atoms with Crippen molar-refractivity contribution in [3.05, 3.63) is 35.9 Å². The van der Waals surface area contributed by atoms with Crippen molar-refractivity contribution in [1.29, 1.82) is 0 Å². The van der Waals surface area contributed by atoms with Crippen LogP contribution in [0.5, 0.6) is 0 Å². The molecule has 1 aromatic carbocycles. The minimum Gasteiger partial charge on any atom is -0.377 e. The van der Waals surface area contributed by atoms with Crippen LogP contribution >= 0.6 is 0 Å². The minimum absolute atomic E-state index is 0.214. The van der Waals surface area contributed by atoms with E-state index in [-0.39, 0.29) is 5.56 Å². The summed E-state index contributed by atoms with van der Waals surface area (Å²) in [5, 5.41) is 1.26. The second-order valence-corrected chi connectivity index (χ2v) is 5.01. The molecular weight excluding hydrogens is 245 g/mol. The molecule has 0 aliphatic carbocycles. The first kappa shape index (κ1) is 12.0. The molecule has 2 aliphatic heterocycles. The number of hydrogen-bond acceptors (Lipinski definition) is 3. The van der Waals surface area contributed by atoms with Gasteiger partial charge in [0.1, 0.15) is 0 Å². The fraction of sp³-hybridized carbons (Fsp3) is 0.500. The first-order valence-electron chi connectivity index (χ1n) is 5.68. The molecule has 2 saturated heterocycles. The molecule has 2 heterocycles. The zero-order valence-corrected chi connectivity index (χ0v) is 9.79. The van der Waals surface area contributed by atoms with Crippen LogP contribution in [0.4, 0.5) is 13.2 Å². The zero-order chi connectivity index (χ0) is 13.0. The third-order valence-corrected chi connectivity index (χ3v) is 3.53. The molecule has 0 spiro atoms. The number of hydrazine groups is 1. The largest absolute Gasteiger partial charge is 0.427 e. The first-order valence-corrected chi connectivity index (χ1v) is 5.68. The van der Waals surface area contributed by atoms with Gasteiger partial charge in [0.2, 0.25) is 5.66 Å². The van der Waals surface area contributed by atoms with E-state index in [2.05, 4.69) is 5.43 Å². The van der Waals surface area contributed by atoms with Gasteiger partial charge in [-0.05, 0) is 12.5 Å². The smallest absolute Gasteiger partial charge is 0.377 e. The van der Waals surface area contributed by atoms with Crippen LogP contribution in [0.3, 0.4) is 0 Å². The highest BCUT2D eigenvalue weighted by Crippen LogP contribution is 2.54. The van der Waals surface area contributed by atoms with Crippen molar-refractivity contribution in [2.75, 3.05) is 13.2 Å². The molecule has 1 unspecified atom stereocenters. The number of nitrogens with one attached hydrogen (secondary N) is 1. The predicted octanol–water partition coefficient (Wildman–Crippen LogP) is 2.01. The fourth-order valence-corrected chi connectivity index (χ4v) is 2.43. The van der Waals surface area contributed by atoms with E-state index in [9.17, 15) is 13.2 Å². The SMILES string of the molecule is CC1(N2N[C@@]2(c2ccccc2)C(F)(F)F)COC1. The van der Waals surface area contributed by atoms with Gasteiger partial charge in [0.25, 0.3) is 0 Å². The van der Waals surface area contributed by atoms with E-state index in [1.54, 1.807) is 25.1 Å². The monoisotopic (exact) mass is 258 g/mol. The molecule has 1 N–H and O–H groups in total. The van der Waals surface area contributed by atoms with Gasteiger partial charge in [-0.15, -0.1) is 0 Å². The number of alkyl halides is 3. The van der Waals surface area contributed by atoms with E-state index in [0.29, 0.717) is 13.2 Å². The van der Waals surface area contributed by atoms with Crippen molar-refractivity contribution in [1.82, 2.24) is 10.4 Å². The van der Waals surface area contributed by atoms with Crippen LogP contribution in [0.2, 0.25) is 0 Å². The summed E-state index contributed by atoms with van der Waals surface area (Å²) in [6, 6.07) is 7.91. The van der Waals surface area contributed by atoms with Crippen molar-refractivity contribution >= 4 is 0 Å². The molecule has 3 rings (SSSR count). The third kappa shape index (κ3) is 1.43. The lowest BCUT2D eigenvalue weighted by atomic mass is 9.95. The summed E-state index contributed by atoms with van der Waals surface area (Å²) in [5.74, 6) is 0. The predicted molar refractivity (Wildman–Crippen MR) is 58.4 cm³/mol. The number of ether oxygens (including phenoxy) is 1. The Hall–Kier alpha value is -1.11. The highest BCUT2D eigenvalue weighted by atomic mass is 19.4. The molecule has 0 bridgehead atoms. The molecule has 2 atom stereocenters. The van der Waals surface area contributed by atoms with Gasteiger partial charge in [0.15, 0.2) is 0 Å². The van der Waals surface area contributed by atoms with Crippen molar-refractivity contribution in [3.63, 3.8) is 0 Å². The Morgan fingerprint density at radius 3 is 2.28 bits per heavy atom. The quantitative estimate of drug-likeness (QED) is 0.824. The van der Waals surface area contributed by atoms with Gasteiger partial charge in [0, 0.05) is 0 Å². The normalized spacial score (nSPS) is 33.9. The molecule has 0 saturated carbocycles. The standard InChI is InChI=1S/C12H13F3N2O/c1-10(7-18-8-10)17-11(16-17,12(13,14)15)9-5-3-2-4-6-9/h2-6,16H,7-8H2,1H3/t11-,17?/m1/s1. The molecule has 0 radical (unpaired) electrons. The van der Waals surface area contributed by atoms with Crippen LogP contribution in [0, 0.1) is 0 Å². The average Bonchev–Trinajstić information content (AvgIpc) is 3.03. The second kappa shape index (κ2) is 3.46. The summed E-state index contributed by atoms with van der Waals surface area (Å²) < 4.78 is 45.2. The summed E-state index contributed by atoms with van der Waals surface area (Å²) in [6.07, 6.45) is -4.37. The number of rotatable bonds is 2. The lowest BCUT2D eigenvalue weighted by Crippen LogP contribution is -2.56. The molecule has 0 amide bonds. The van der Waals surface area contributed by atoms with Crippen molar-refractivity contribution in [3.8, 4) is 0 Å². The van der Waals surface area contributed by atoms with Gasteiger partial charge in [0.05, 0.1) is 18.8 Å². The van der Waals surface area contributed by atoms with E-state index < -0.39 is 17.4 Å². The Morgan fingerprint density at radius 1 is 1.22 bits per heavy atom. The molecule has 6 heteroatoms. The van der Waals surface area contributed by atoms with E-state index in [1.807, 2.05) is 0 Å². The Kier molecular flexibility index (Phi) is 2.30. The third-order valence-electron chi connectivity index (χ3n) is 3.53. The summed E-state index contributed by atoms with van der Waals surface area (Å²) in [5.41, 5.74) is 0.0682. The van der Waals surface area contributed by atoms with Crippen molar-refractivity contribution < 1.29 is 17.9 Å². The lowest BCUT2D eigenvalue weighted by Gasteiger charge is -2.40. The van der Waals surface area contributed by atoms with Gasteiger partial charge in [-0.25, -0.2) is 5.43 Å². The lowest BCUT2D eigenvalue weighted by molar-refractivity contribution is -0.196. The maximum absolute atomic E-state index is 13.4. The number of hydrogen-bond donors (Lipinski definition) is 1. The summed E-state index contributed by atoms with van der Waals surface area (Å²) >= 11 is 0. The van der Waals surface area contributed by atoms with Gasteiger partial charge in [-0.1, -0.05) is 30.3 Å². The number of halogens is 3. The first-order chi connectivity index (χ1) is 8.40. The van der Waals surface area contributed by atoms with E-state index in [4.69, 9.17) is 4.74 Å². The highest BCUT2D eigenvalue weighted by molar-refractivity contribution is 5.32. The van der Waals surface area contributed by atoms with E-state index >= 15 is 0 Å². The molecule has 3 nitrogen and oxygen atoms in total. The summed E-state index contributed by atoms with van der Waals surface area (Å²) in [6.45, 7) is 2.38. The van der Waals surface area contributed by atoms with Gasteiger partial charge in [-0.2, -0.15) is 18.2 Å². The molecule has 2 aliphatic rings. The minimum atomic E-state index is -4.37. The van der Waals surface area contributed by atoms with Crippen molar-refractivity contribution in [2.45, 2.75) is 24.3 Å². The van der Waals surface area contributed by atoms with Gasteiger partial charge >= 0.3 is 6.18 Å². The topological polar surface area (TPSA) is 34.2 Å². The summed E-state index contributed by atoms with van der Waals surface area (Å²) in [4.78, 5) is 0. The average molecular weight is 258 g/mol. The van der Waals surface area contributed by atoms with Crippen LogP contribution in [0.1, 0.15) is 12.5 Å². The maximum Gasteiger partial charge on any atom is 0.427 e. The van der Waals surface area contributed by atoms with Gasteiger partial charge < -0.3 is 4.74 Å². The van der Waals surface area contributed by atoms with E-state index in [1.165, 1.54) is 17.1 Å². The van der Waals surface area contributed by atoms with E-state index in [0.717, 1.165) is 0 Å². The Labute approximate surface area is 102 Å². The van der Waals surface area contributed by atoms with Gasteiger partial charge in [-0.3, -0.25) is 0 Å². The maximum atomic E-state index is 13.4. The highest BCUT2D eigenvalue weighted by Gasteiger charge is 2.76. The molecular formula is C12H13F3N2O. The Bertz CT molecular complexity index is 458. The Balaban J connectivity index is 1.99. The second-order valence-electron chi connectivity index (χ2n) is 5.01. The van der Waals surface area contributed by atoms with Crippen LogP contribution < -0.4 is 5.43 Å². The fourth-order valence-electron chi connectivity index (χ4n) is 2.43. The van der Waals surface area contributed by atoms with Crippen LogP contribution in [-0.2, 0) is 10.4 Å². The summed E-state index contributed by atoms with van der Waals surface area (Å²) in [7, 11) is 0.